The summed E-state index contributed by atoms with van der Waals surface area (Å²) in [7, 11) is 1.85. The van der Waals surface area contributed by atoms with Crippen molar-refractivity contribution in [2.24, 2.45) is 17.8 Å². The quantitative estimate of drug-likeness (QED) is 0.670. The van der Waals surface area contributed by atoms with Crippen molar-refractivity contribution in [3.8, 4) is 0 Å². The molecule has 1 aliphatic carbocycles. The van der Waals surface area contributed by atoms with Gasteiger partial charge in [-0.1, -0.05) is 34.6 Å². The maximum Gasteiger partial charge on any atom is 0.330 e. The minimum absolute atomic E-state index is 0.0318. The van der Waals surface area contributed by atoms with Crippen LogP contribution in [0.25, 0.3) is 0 Å². The van der Waals surface area contributed by atoms with Crippen LogP contribution in [-0.4, -0.2) is 46.5 Å². The Labute approximate surface area is 179 Å². The highest BCUT2D eigenvalue weighted by Crippen LogP contribution is 2.27. The lowest BCUT2D eigenvalue weighted by Gasteiger charge is -2.35. The molecule has 0 bridgehead atoms. The number of carbonyl (C=O) groups excluding carboxylic acids is 1. The molecule has 0 aromatic carbocycles. The van der Waals surface area contributed by atoms with Crippen LogP contribution in [0.1, 0.15) is 60.3 Å². The average molecular weight is 422 g/mol. The summed E-state index contributed by atoms with van der Waals surface area (Å²) in [5.41, 5.74) is 5.45. The molecule has 1 aromatic heterocycles. The number of likely N-dealkylation sites (N-methyl/N-ethyl adjacent to an activating group) is 1. The molecule has 0 saturated heterocycles. The summed E-state index contributed by atoms with van der Waals surface area (Å²) in [6.07, 6.45) is 4.28. The highest BCUT2D eigenvalue weighted by atomic mass is 16.2. The van der Waals surface area contributed by atoms with Gasteiger partial charge in [0.15, 0.2) is 0 Å². The first-order chi connectivity index (χ1) is 14.0. The molecule has 1 fully saturated rings. The monoisotopic (exact) mass is 421 g/mol. The molecule has 1 heterocycles. The minimum Gasteiger partial charge on any atom is -0.383 e. The molecule has 8 nitrogen and oxygen atoms in total. The third-order valence-electron chi connectivity index (χ3n) is 5.92. The number of rotatable bonds is 8. The Morgan fingerprint density at radius 3 is 2.27 bits per heavy atom. The molecule has 8 heteroatoms. The Morgan fingerprint density at radius 2 is 1.73 bits per heavy atom. The molecule has 170 valence electrons. The van der Waals surface area contributed by atoms with E-state index in [9.17, 15) is 14.4 Å². The Hall–Kier alpha value is -2.25. The molecule has 0 aliphatic heterocycles. The number of aromatic amines is 1. The third-order valence-corrected chi connectivity index (χ3v) is 5.92. The standard InChI is InChI=1S/C22H39N5O3/c1-14(2)11-26(13-18(28)25(6)17-9-7-16(5)8-10-17)19-20(23)27(12-15(3)4)22(30)24-21(19)29/h14-17H,7-13,23H2,1-6H3,(H,24,29,30). The maximum atomic E-state index is 13.1. The number of anilines is 2. The normalized spacial score (nSPS) is 19.3. The van der Waals surface area contributed by atoms with Gasteiger partial charge in [-0.15, -0.1) is 0 Å². The Bertz CT molecular complexity index is 834. The molecule has 1 saturated carbocycles. The van der Waals surface area contributed by atoms with E-state index in [2.05, 4.69) is 11.9 Å². The first-order valence-electron chi connectivity index (χ1n) is 11.1. The molecular formula is C22H39N5O3. The molecule has 3 N–H and O–H groups in total. The van der Waals surface area contributed by atoms with Gasteiger partial charge in [-0.2, -0.15) is 0 Å². The second-order valence-electron chi connectivity index (χ2n) is 9.69. The second-order valence-corrected chi connectivity index (χ2v) is 9.69. The fourth-order valence-corrected chi connectivity index (χ4v) is 4.21. The second kappa shape index (κ2) is 10.2. The van der Waals surface area contributed by atoms with Gasteiger partial charge in [0.05, 0.1) is 6.54 Å². The number of hydrogen-bond donors (Lipinski definition) is 2. The largest absolute Gasteiger partial charge is 0.383 e. The first-order valence-corrected chi connectivity index (χ1v) is 11.1. The van der Waals surface area contributed by atoms with Crippen LogP contribution in [0, 0.1) is 17.8 Å². The van der Waals surface area contributed by atoms with E-state index < -0.39 is 11.2 Å². The molecule has 1 aromatic rings. The lowest BCUT2D eigenvalue weighted by molar-refractivity contribution is -0.131. The van der Waals surface area contributed by atoms with Gasteiger partial charge >= 0.3 is 5.69 Å². The van der Waals surface area contributed by atoms with Gasteiger partial charge in [0.25, 0.3) is 5.56 Å². The van der Waals surface area contributed by atoms with E-state index in [1.54, 1.807) is 4.90 Å². The van der Waals surface area contributed by atoms with Crippen LogP contribution in [0.5, 0.6) is 0 Å². The van der Waals surface area contributed by atoms with Crippen molar-refractivity contribution in [3.63, 3.8) is 0 Å². The molecule has 30 heavy (non-hydrogen) atoms. The summed E-state index contributed by atoms with van der Waals surface area (Å²) in [5.74, 6) is 1.20. The summed E-state index contributed by atoms with van der Waals surface area (Å²) in [4.78, 5) is 44.0. The van der Waals surface area contributed by atoms with Gasteiger partial charge in [-0.25, -0.2) is 4.79 Å². The van der Waals surface area contributed by atoms with Crippen LogP contribution < -0.4 is 21.9 Å². The van der Waals surface area contributed by atoms with Crippen LogP contribution in [-0.2, 0) is 11.3 Å². The van der Waals surface area contributed by atoms with Crippen molar-refractivity contribution >= 4 is 17.4 Å². The molecule has 2 rings (SSSR count). The van der Waals surface area contributed by atoms with E-state index in [0.717, 1.165) is 25.7 Å². The summed E-state index contributed by atoms with van der Waals surface area (Å²) in [6.45, 7) is 11.2. The Morgan fingerprint density at radius 1 is 1.13 bits per heavy atom. The third kappa shape index (κ3) is 5.89. The highest BCUT2D eigenvalue weighted by Gasteiger charge is 2.28. The fourth-order valence-electron chi connectivity index (χ4n) is 4.21. The number of nitrogens with one attached hydrogen (secondary N) is 1. The lowest BCUT2D eigenvalue weighted by atomic mass is 9.87. The average Bonchev–Trinajstić information content (AvgIpc) is 2.64. The minimum atomic E-state index is -0.542. The van der Waals surface area contributed by atoms with Gasteiger partial charge < -0.3 is 15.5 Å². The Balaban J connectivity index is 2.33. The number of hydrogen-bond acceptors (Lipinski definition) is 5. The van der Waals surface area contributed by atoms with Crippen LogP contribution in [0.15, 0.2) is 9.59 Å². The number of carbonyl (C=O) groups is 1. The molecule has 0 radical (unpaired) electrons. The van der Waals surface area contributed by atoms with Crippen molar-refractivity contribution in [1.82, 2.24) is 14.5 Å². The predicted molar refractivity (Wildman–Crippen MR) is 122 cm³/mol. The van der Waals surface area contributed by atoms with Crippen LogP contribution in [0.2, 0.25) is 0 Å². The van der Waals surface area contributed by atoms with Crippen LogP contribution in [0.4, 0.5) is 11.5 Å². The van der Waals surface area contributed by atoms with Crippen molar-refractivity contribution in [3.05, 3.63) is 20.8 Å². The number of nitrogens with zero attached hydrogens (tertiary/aromatic N) is 3. The van der Waals surface area contributed by atoms with E-state index in [4.69, 9.17) is 5.73 Å². The van der Waals surface area contributed by atoms with Crippen molar-refractivity contribution in [2.75, 3.05) is 30.8 Å². The topological polar surface area (TPSA) is 104 Å². The molecule has 0 unspecified atom stereocenters. The van der Waals surface area contributed by atoms with Gasteiger partial charge in [-0.05, 0) is 43.4 Å². The van der Waals surface area contributed by atoms with Crippen LogP contribution in [0.3, 0.4) is 0 Å². The molecular weight excluding hydrogens is 382 g/mol. The summed E-state index contributed by atoms with van der Waals surface area (Å²) in [6, 6.07) is 0.236. The van der Waals surface area contributed by atoms with E-state index in [1.165, 1.54) is 4.57 Å². The zero-order valence-electron chi connectivity index (χ0n) is 19.4. The number of H-pyrrole nitrogens is 1. The van der Waals surface area contributed by atoms with E-state index in [0.29, 0.717) is 19.0 Å². The number of aromatic nitrogens is 2. The van der Waals surface area contributed by atoms with Crippen LogP contribution >= 0.6 is 0 Å². The smallest absolute Gasteiger partial charge is 0.330 e. The van der Waals surface area contributed by atoms with Gasteiger partial charge in [0.1, 0.15) is 11.5 Å². The molecule has 0 spiro atoms. The van der Waals surface area contributed by atoms with E-state index >= 15 is 0 Å². The molecule has 1 amide bonds. The highest BCUT2D eigenvalue weighted by molar-refractivity contribution is 5.82. The number of nitrogen functional groups attached to an aromatic ring is 1. The van der Waals surface area contributed by atoms with E-state index in [-0.39, 0.29) is 41.8 Å². The van der Waals surface area contributed by atoms with Crippen molar-refractivity contribution in [1.29, 1.82) is 0 Å². The van der Waals surface area contributed by atoms with Gasteiger partial charge in [0.2, 0.25) is 5.91 Å². The zero-order valence-corrected chi connectivity index (χ0v) is 19.4. The molecule has 0 atom stereocenters. The summed E-state index contributed by atoms with van der Waals surface area (Å²) in [5, 5.41) is 0. The van der Waals surface area contributed by atoms with E-state index in [1.807, 2.05) is 39.6 Å². The Kier molecular flexibility index (Phi) is 8.15. The van der Waals surface area contributed by atoms with Gasteiger partial charge in [-0.3, -0.25) is 19.1 Å². The first kappa shape index (κ1) is 24.0. The number of amides is 1. The maximum absolute atomic E-state index is 13.1. The summed E-state index contributed by atoms with van der Waals surface area (Å²) >= 11 is 0. The molecule has 1 aliphatic rings. The number of nitrogens with two attached hydrogens (primary N) is 1. The lowest BCUT2D eigenvalue weighted by Crippen LogP contribution is -2.47. The van der Waals surface area contributed by atoms with Crippen molar-refractivity contribution in [2.45, 2.75) is 72.9 Å². The fraction of sp³-hybridized carbons (Fsp3) is 0.773. The van der Waals surface area contributed by atoms with Crippen molar-refractivity contribution < 1.29 is 4.79 Å². The SMILES string of the molecule is CC(C)CN(CC(=O)N(C)C1CCC(C)CC1)c1c(N)n(CC(C)C)c(=O)[nH]c1=O. The summed E-state index contributed by atoms with van der Waals surface area (Å²) < 4.78 is 1.39. The predicted octanol–water partition coefficient (Wildman–Crippen LogP) is 2.27. The van der Waals surface area contributed by atoms with Gasteiger partial charge in [0, 0.05) is 26.2 Å². The zero-order chi connectivity index (χ0) is 22.6.